The number of Topliss-reactive ketones (excluding diaryl/α,β-unsaturated/α-hetero) is 1. The summed E-state index contributed by atoms with van der Waals surface area (Å²) >= 11 is 1.41. The molecule has 1 aliphatic rings. The Labute approximate surface area is 144 Å². The van der Waals surface area contributed by atoms with E-state index < -0.39 is 0 Å². The summed E-state index contributed by atoms with van der Waals surface area (Å²) in [5.41, 5.74) is 0.985. The fourth-order valence-electron chi connectivity index (χ4n) is 2.58. The minimum atomic E-state index is -0.0138. The molecule has 24 heavy (non-hydrogen) atoms. The van der Waals surface area contributed by atoms with Gasteiger partial charge < -0.3 is 14.4 Å². The maximum Gasteiger partial charge on any atom is 0.231 e. The van der Waals surface area contributed by atoms with Crippen molar-refractivity contribution in [3.8, 4) is 11.5 Å². The molecule has 5 nitrogen and oxygen atoms in total. The smallest absolute Gasteiger partial charge is 0.231 e. The SMILES string of the molecule is CCN(Cc1ccc2c(c1)OCO2)C(=O)CCC(=O)c1cccs1. The van der Waals surface area contributed by atoms with Gasteiger partial charge in [0.25, 0.3) is 0 Å². The summed E-state index contributed by atoms with van der Waals surface area (Å²) in [6.45, 7) is 3.27. The summed E-state index contributed by atoms with van der Waals surface area (Å²) in [5, 5.41) is 1.87. The quantitative estimate of drug-likeness (QED) is 0.721. The van der Waals surface area contributed by atoms with Crippen LogP contribution >= 0.6 is 11.3 Å². The molecular formula is C18H19NO4S. The van der Waals surface area contributed by atoms with Gasteiger partial charge in [0.2, 0.25) is 12.7 Å². The van der Waals surface area contributed by atoms with Crippen LogP contribution < -0.4 is 9.47 Å². The Balaban J connectivity index is 1.57. The number of fused-ring (bicyclic) bond motifs is 1. The molecule has 1 aromatic heterocycles. The number of amides is 1. The van der Waals surface area contributed by atoms with Crippen LogP contribution in [0.15, 0.2) is 35.7 Å². The van der Waals surface area contributed by atoms with Crippen LogP contribution in [0.2, 0.25) is 0 Å². The third-order valence-corrected chi connectivity index (χ3v) is 4.82. The number of hydrogen-bond acceptors (Lipinski definition) is 5. The number of benzene rings is 1. The topological polar surface area (TPSA) is 55.8 Å². The molecule has 1 aliphatic heterocycles. The van der Waals surface area contributed by atoms with Gasteiger partial charge in [-0.3, -0.25) is 9.59 Å². The van der Waals surface area contributed by atoms with Crippen LogP contribution in [-0.2, 0) is 11.3 Å². The summed E-state index contributed by atoms with van der Waals surface area (Å²) in [4.78, 5) is 26.9. The Morgan fingerprint density at radius 2 is 2.00 bits per heavy atom. The maximum absolute atomic E-state index is 12.4. The number of thiophene rings is 1. The lowest BCUT2D eigenvalue weighted by atomic mass is 10.1. The van der Waals surface area contributed by atoms with Crippen molar-refractivity contribution in [1.29, 1.82) is 0 Å². The Kier molecular flexibility index (Phi) is 5.15. The highest BCUT2D eigenvalue weighted by Gasteiger charge is 2.18. The van der Waals surface area contributed by atoms with Crippen molar-refractivity contribution in [3.63, 3.8) is 0 Å². The standard InChI is InChI=1S/C18H19NO4S/c1-2-19(11-13-5-7-15-16(10-13)23-12-22-15)18(21)8-6-14(20)17-4-3-9-24-17/h3-5,7,9-10H,2,6,8,11-12H2,1H3. The van der Waals surface area contributed by atoms with Crippen molar-refractivity contribution in [1.82, 2.24) is 4.90 Å². The van der Waals surface area contributed by atoms with Crippen LogP contribution in [0.1, 0.15) is 35.0 Å². The first-order valence-electron chi connectivity index (χ1n) is 7.90. The van der Waals surface area contributed by atoms with Gasteiger partial charge in [-0.05, 0) is 36.1 Å². The summed E-state index contributed by atoms with van der Waals surface area (Å²) < 4.78 is 10.7. The molecule has 0 saturated heterocycles. The molecule has 0 bridgehead atoms. The highest BCUT2D eigenvalue weighted by atomic mass is 32.1. The molecule has 2 heterocycles. The zero-order valence-electron chi connectivity index (χ0n) is 13.5. The van der Waals surface area contributed by atoms with E-state index in [1.54, 1.807) is 11.0 Å². The third kappa shape index (κ3) is 3.76. The second kappa shape index (κ2) is 7.49. The van der Waals surface area contributed by atoms with Crippen LogP contribution in [0, 0.1) is 0 Å². The second-order valence-electron chi connectivity index (χ2n) is 5.50. The minimum absolute atomic E-state index is 0.0138. The first-order valence-corrected chi connectivity index (χ1v) is 8.78. The Hall–Kier alpha value is -2.34. The van der Waals surface area contributed by atoms with Gasteiger partial charge in [0, 0.05) is 25.9 Å². The van der Waals surface area contributed by atoms with Crippen LogP contribution in [0.4, 0.5) is 0 Å². The Morgan fingerprint density at radius 3 is 2.75 bits per heavy atom. The monoisotopic (exact) mass is 345 g/mol. The number of ether oxygens (including phenoxy) is 2. The Bertz CT molecular complexity index is 727. The van der Waals surface area contributed by atoms with E-state index in [9.17, 15) is 9.59 Å². The first kappa shape index (κ1) is 16.5. The normalized spacial score (nSPS) is 12.2. The Morgan fingerprint density at radius 1 is 1.17 bits per heavy atom. The number of hydrogen-bond donors (Lipinski definition) is 0. The number of nitrogens with zero attached hydrogens (tertiary/aromatic N) is 1. The van der Waals surface area contributed by atoms with Crippen molar-refractivity contribution >= 4 is 23.0 Å². The number of carbonyl (C=O) groups is 2. The summed E-state index contributed by atoms with van der Waals surface area (Å²) in [5.74, 6) is 1.45. The maximum atomic E-state index is 12.4. The second-order valence-corrected chi connectivity index (χ2v) is 6.44. The molecular weight excluding hydrogens is 326 g/mol. The first-order chi connectivity index (χ1) is 11.7. The van der Waals surface area contributed by atoms with Gasteiger partial charge in [-0.2, -0.15) is 0 Å². The van der Waals surface area contributed by atoms with Crippen molar-refractivity contribution in [3.05, 3.63) is 46.2 Å². The predicted octanol–water partition coefficient (Wildman–Crippen LogP) is 3.49. The van der Waals surface area contributed by atoms with Gasteiger partial charge in [-0.25, -0.2) is 0 Å². The molecule has 0 unspecified atom stereocenters. The lowest BCUT2D eigenvalue weighted by Gasteiger charge is -2.21. The largest absolute Gasteiger partial charge is 0.454 e. The van der Waals surface area contributed by atoms with E-state index in [2.05, 4.69) is 0 Å². The molecule has 2 aromatic rings. The van der Waals surface area contributed by atoms with Crippen LogP contribution in [0.3, 0.4) is 0 Å². The summed E-state index contributed by atoms with van der Waals surface area (Å²) in [7, 11) is 0. The van der Waals surface area contributed by atoms with Gasteiger partial charge in [0.1, 0.15) is 0 Å². The van der Waals surface area contributed by atoms with Crippen molar-refractivity contribution in [2.75, 3.05) is 13.3 Å². The van der Waals surface area contributed by atoms with E-state index in [0.717, 1.165) is 11.3 Å². The predicted molar refractivity (Wildman–Crippen MR) is 91.5 cm³/mol. The van der Waals surface area contributed by atoms with Crippen molar-refractivity contribution < 1.29 is 19.1 Å². The molecule has 0 N–H and O–H groups in total. The molecule has 0 radical (unpaired) electrons. The van der Waals surface area contributed by atoms with Crippen molar-refractivity contribution in [2.45, 2.75) is 26.3 Å². The van der Waals surface area contributed by atoms with E-state index in [4.69, 9.17) is 9.47 Å². The van der Waals surface area contributed by atoms with Crippen molar-refractivity contribution in [2.24, 2.45) is 0 Å². The fraction of sp³-hybridized carbons (Fsp3) is 0.333. The zero-order chi connectivity index (χ0) is 16.9. The number of carbonyl (C=O) groups excluding carboxylic acids is 2. The lowest BCUT2D eigenvalue weighted by molar-refractivity contribution is -0.131. The molecule has 3 rings (SSSR count). The highest BCUT2D eigenvalue weighted by molar-refractivity contribution is 7.12. The van der Waals surface area contributed by atoms with Crippen LogP contribution in [0.25, 0.3) is 0 Å². The zero-order valence-corrected chi connectivity index (χ0v) is 14.3. The van der Waals surface area contributed by atoms with Gasteiger partial charge in [-0.15, -0.1) is 11.3 Å². The van der Waals surface area contributed by atoms with E-state index >= 15 is 0 Å². The van der Waals surface area contributed by atoms with E-state index in [1.807, 2.05) is 36.6 Å². The van der Waals surface area contributed by atoms with Gasteiger partial charge in [0.15, 0.2) is 17.3 Å². The van der Waals surface area contributed by atoms with Gasteiger partial charge >= 0.3 is 0 Å². The lowest BCUT2D eigenvalue weighted by Crippen LogP contribution is -2.30. The molecule has 1 amide bonds. The average Bonchev–Trinajstić information content (AvgIpc) is 3.27. The summed E-state index contributed by atoms with van der Waals surface area (Å²) in [6.07, 6.45) is 0.478. The van der Waals surface area contributed by atoms with Crippen LogP contribution in [0.5, 0.6) is 11.5 Å². The van der Waals surface area contributed by atoms with E-state index in [0.29, 0.717) is 23.7 Å². The molecule has 6 heteroatoms. The highest BCUT2D eigenvalue weighted by Crippen LogP contribution is 2.32. The molecule has 126 valence electrons. The molecule has 0 atom stereocenters. The van der Waals surface area contributed by atoms with E-state index in [1.165, 1.54) is 11.3 Å². The van der Waals surface area contributed by atoms with Crippen LogP contribution in [-0.4, -0.2) is 29.9 Å². The number of ketones is 1. The van der Waals surface area contributed by atoms with E-state index in [-0.39, 0.29) is 31.3 Å². The fourth-order valence-corrected chi connectivity index (χ4v) is 3.27. The molecule has 0 spiro atoms. The minimum Gasteiger partial charge on any atom is -0.454 e. The molecule has 0 saturated carbocycles. The molecule has 0 fully saturated rings. The third-order valence-electron chi connectivity index (χ3n) is 3.91. The summed E-state index contributed by atoms with van der Waals surface area (Å²) in [6, 6.07) is 9.32. The van der Waals surface area contributed by atoms with Gasteiger partial charge in [0.05, 0.1) is 4.88 Å². The number of rotatable bonds is 7. The molecule has 0 aliphatic carbocycles. The van der Waals surface area contributed by atoms with Gasteiger partial charge in [-0.1, -0.05) is 12.1 Å². The average molecular weight is 345 g/mol. The molecule has 1 aromatic carbocycles.